The summed E-state index contributed by atoms with van der Waals surface area (Å²) in [5, 5.41) is 8.67. The summed E-state index contributed by atoms with van der Waals surface area (Å²) in [6, 6.07) is 6.28. The largest absolute Gasteiger partial charge is 0.490 e. The third kappa shape index (κ3) is 3.01. The van der Waals surface area contributed by atoms with Crippen molar-refractivity contribution in [3.8, 4) is 11.8 Å². The maximum absolute atomic E-state index is 13.4. The van der Waals surface area contributed by atoms with Crippen molar-refractivity contribution in [1.29, 1.82) is 5.26 Å². The van der Waals surface area contributed by atoms with Gasteiger partial charge in [0, 0.05) is 6.07 Å². The first-order chi connectivity index (χ1) is 8.72. The van der Waals surface area contributed by atoms with Crippen LogP contribution in [0.15, 0.2) is 18.2 Å². The van der Waals surface area contributed by atoms with E-state index in [9.17, 15) is 4.39 Å². The fourth-order valence-corrected chi connectivity index (χ4v) is 2.57. The van der Waals surface area contributed by atoms with Crippen molar-refractivity contribution in [1.82, 2.24) is 0 Å². The zero-order valence-corrected chi connectivity index (χ0v) is 10.7. The highest BCUT2D eigenvalue weighted by Crippen LogP contribution is 2.30. The molecule has 0 N–H and O–H groups in total. The lowest BCUT2D eigenvalue weighted by molar-refractivity contribution is 0.121. The molecular formula is C15H18FNO. The lowest BCUT2D eigenvalue weighted by Gasteiger charge is -2.29. The fourth-order valence-electron chi connectivity index (χ4n) is 2.57. The molecule has 0 aliphatic heterocycles. The molecule has 1 aromatic rings. The summed E-state index contributed by atoms with van der Waals surface area (Å²) < 4.78 is 19.3. The molecule has 1 saturated carbocycles. The van der Waals surface area contributed by atoms with Gasteiger partial charge in [0.1, 0.15) is 17.6 Å². The van der Waals surface area contributed by atoms with Gasteiger partial charge in [0.2, 0.25) is 0 Å². The number of ether oxygens (including phenoxy) is 1. The lowest BCUT2D eigenvalue weighted by atomic mass is 9.85. The van der Waals surface area contributed by atoms with Crippen molar-refractivity contribution in [3.63, 3.8) is 0 Å². The first-order valence-corrected chi connectivity index (χ1v) is 6.59. The Hall–Kier alpha value is -1.56. The van der Waals surface area contributed by atoms with Gasteiger partial charge in [-0.1, -0.05) is 19.8 Å². The number of nitriles is 1. The molecule has 0 amide bonds. The number of nitrogens with zero attached hydrogens (tertiary/aromatic N) is 1. The minimum absolute atomic E-state index is 0.0671. The molecule has 0 saturated heterocycles. The van der Waals surface area contributed by atoms with Crippen LogP contribution in [0.4, 0.5) is 4.39 Å². The van der Waals surface area contributed by atoms with E-state index in [2.05, 4.69) is 6.92 Å². The van der Waals surface area contributed by atoms with E-state index in [1.54, 1.807) is 6.07 Å². The van der Waals surface area contributed by atoms with Crippen LogP contribution in [0.1, 0.15) is 44.6 Å². The summed E-state index contributed by atoms with van der Waals surface area (Å²) >= 11 is 0. The van der Waals surface area contributed by atoms with Crippen molar-refractivity contribution in [3.05, 3.63) is 29.6 Å². The zero-order chi connectivity index (χ0) is 13.0. The molecule has 2 rings (SSSR count). The van der Waals surface area contributed by atoms with Gasteiger partial charge in [-0.15, -0.1) is 0 Å². The SMILES string of the molecule is CCC1CCCC(Oc2ccc(C#N)c(F)c2)C1. The molecule has 2 atom stereocenters. The van der Waals surface area contributed by atoms with E-state index in [0.29, 0.717) is 5.75 Å². The second-order valence-corrected chi connectivity index (χ2v) is 4.93. The van der Waals surface area contributed by atoms with E-state index in [1.165, 1.54) is 31.4 Å². The van der Waals surface area contributed by atoms with Gasteiger partial charge in [0.25, 0.3) is 0 Å². The molecule has 2 unspecified atom stereocenters. The fraction of sp³-hybridized carbons (Fsp3) is 0.533. The maximum atomic E-state index is 13.4. The molecule has 18 heavy (non-hydrogen) atoms. The summed E-state index contributed by atoms with van der Waals surface area (Å²) in [6.45, 7) is 2.20. The molecule has 96 valence electrons. The standard InChI is InChI=1S/C15H18FNO/c1-2-11-4-3-5-13(8-11)18-14-7-6-12(10-17)15(16)9-14/h6-7,9,11,13H,2-5,8H2,1H3. The molecule has 1 aliphatic carbocycles. The molecule has 0 bridgehead atoms. The van der Waals surface area contributed by atoms with Crippen molar-refractivity contribution >= 4 is 0 Å². The monoisotopic (exact) mass is 247 g/mol. The molecule has 1 fully saturated rings. The van der Waals surface area contributed by atoms with E-state index in [4.69, 9.17) is 10.00 Å². The molecule has 0 radical (unpaired) electrons. The molecule has 1 aliphatic rings. The van der Waals surface area contributed by atoms with Crippen LogP contribution in [0.5, 0.6) is 5.75 Å². The first-order valence-electron chi connectivity index (χ1n) is 6.59. The van der Waals surface area contributed by atoms with Gasteiger partial charge in [-0.2, -0.15) is 5.26 Å². The number of hydrogen-bond acceptors (Lipinski definition) is 2. The van der Waals surface area contributed by atoms with Crippen LogP contribution in [0.3, 0.4) is 0 Å². The van der Waals surface area contributed by atoms with Gasteiger partial charge in [-0.3, -0.25) is 0 Å². The Morgan fingerprint density at radius 2 is 2.28 bits per heavy atom. The van der Waals surface area contributed by atoms with Crippen LogP contribution in [-0.2, 0) is 0 Å². The van der Waals surface area contributed by atoms with Crippen molar-refractivity contribution in [2.75, 3.05) is 0 Å². The van der Waals surface area contributed by atoms with E-state index >= 15 is 0 Å². The van der Waals surface area contributed by atoms with Crippen LogP contribution in [0.2, 0.25) is 0 Å². The second-order valence-electron chi connectivity index (χ2n) is 4.93. The molecule has 2 nitrogen and oxygen atoms in total. The Morgan fingerprint density at radius 1 is 1.44 bits per heavy atom. The predicted octanol–water partition coefficient (Wildman–Crippen LogP) is 4.04. The van der Waals surface area contributed by atoms with E-state index in [-0.39, 0.29) is 11.7 Å². The van der Waals surface area contributed by atoms with Crippen LogP contribution in [-0.4, -0.2) is 6.10 Å². The average molecular weight is 247 g/mol. The highest BCUT2D eigenvalue weighted by Gasteiger charge is 2.22. The summed E-state index contributed by atoms with van der Waals surface area (Å²) in [7, 11) is 0. The van der Waals surface area contributed by atoms with Crippen LogP contribution >= 0.6 is 0 Å². The third-order valence-corrected chi connectivity index (χ3v) is 3.68. The van der Waals surface area contributed by atoms with Crippen molar-refractivity contribution in [2.45, 2.75) is 45.1 Å². The lowest BCUT2D eigenvalue weighted by Crippen LogP contribution is -2.25. The smallest absolute Gasteiger partial charge is 0.144 e. The molecule has 0 heterocycles. The third-order valence-electron chi connectivity index (χ3n) is 3.68. The van der Waals surface area contributed by atoms with Crippen LogP contribution < -0.4 is 4.74 Å². The Labute approximate surface area is 107 Å². The topological polar surface area (TPSA) is 33.0 Å². The predicted molar refractivity (Wildman–Crippen MR) is 67.8 cm³/mol. The minimum atomic E-state index is -0.502. The number of halogens is 1. The maximum Gasteiger partial charge on any atom is 0.144 e. The van der Waals surface area contributed by atoms with E-state index in [0.717, 1.165) is 18.8 Å². The average Bonchev–Trinajstić information content (AvgIpc) is 2.39. The van der Waals surface area contributed by atoms with Gasteiger partial charge in [-0.25, -0.2) is 4.39 Å². The van der Waals surface area contributed by atoms with Gasteiger partial charge in [-0.05, 0) is 37.3 Å². The second kappa shape index (κ2) is 5.86. The Morgan fingerprint density at radius 3 is 2.94 bits per heavy atom. The normalized spacial score (nSPS) is 23.4. The molecule has 0 spiro atoms. The highest BCUT2D eigenvalue weighted by molar-refractivity contribution is 5.36. The highest BCUT2D eigenvalue weighted by atomic mass is 19.1. The number of benzene rings is 1. The van der Waals surface area contributed by atoms with Crippen molar-refractivity contribution in [2.24, 2.45) is 5.92 Å². The van der Waals surface area contributed by atoms with Gasteiger partial charge >= 0.3 is 0 Å². The minimum Gasteiger partial charge on any atom is -0.490 e. The van der Waals surface area contributed by atoms with Gasteiger partial charge in [0.05, 0.1) is 11.7 Å². The Balaban J connectivity index is 2.01. The van der Waals surface area contributed by atoms with Crippen LogP contribution in [0.25, 0.3) is 0 Å². The quantitative estimate of drug-likeness (QED) is 0.807. The molecule has 1 aromatic carbocycles. The Bertz CT molecular complexity index is 452. The van der Waals surface area contributed by atoms with E-state index < -0.39 is 5.82 Å². The first kappa shape index (κ1) is 12.9. The van der Waals surface area contributed by atoms with Crippen molar-refractivity contribution < 1.29 is 9.13 Å². The van der Waals surface area contributed by atoms with Gasteiger partial charge < -0.3 is 4.74 Å². The van der Waals surface area contributed by atoms with Crippen LogP contribution in [0, 0.1) is 23.1 Å². The number of hydrogen-bond donors (Lipinski definition) is 0. The summed E-state index contributed by atoms with van der Waals surface area (Å²) in [4.78, 5) is 0. The van der Waals surface area contributed by atoms with Gasteiger partial charge in [0.15, 0.2) is 0 Å². The molecular weight excluding hydrogens is 229 g/mol. The summed E-state index contributed by atoms with van der Waals surface area (Å²) in [5.74, 6) is 0.762. The van der Waals surface area contributed by atoms with E-state index in [1.807, 2.05) is 6.07 Å². The molecule has 3 heteroatoms. The summed E-state index contributed by atoms with van der Waals surface area (Å²) in [6.07, 6.45) is 5.92. The Kier molecular flexibility index (Phi) is 4.19. The number of rotatable bonds is 3. The molecule has 0 aromatic heterocycles. The summed E-state index contributed by atoms with van der Waals surface area (Å²) in [5.41, 5.74) is 0.0671. The zero-order valence-electron chi connectivity index (χ0n) is 10.7.